The Balaban J connectivity index is 1.61. The smallest absolute Gasteiger partial charge is 0.278 e. The molecule has 0 radical (unpaired) electrons. The molecule has 4 aromatic rings. The molecule has 4 heterocycles. The highest BCUT2D eigenvalue weighted by Crippen LogP contribution is 2.22. The average molecular weight is 429 g/mol. The van der Waals surface area contributed by atoms with Crippen molar-refractivity contribution < 1.29 is 0 Å². The molecule has 32 heavy (non-hydrogen) atoms. The highest BCUT2D eigenvalue weighted by Gasteiger charge is 2.17. The molecular weight excluding hydrogens is 404 g/mol. The Hall–Kier alpha value is -3.82. The summed E-state index contributed by atoms with van der Waals surface area (Å²) in [6, 6.07) is 9.95. The molecule has 1 aliphatic rings. The fourth-order valence-electron chi connectivity index (χ4n) is 4.03. The van der Waals surface area contributed by atoms with Crippen molar-refractivity contribution >= 4 is 22.7 Å². The molecule has 0 bridgehead atoms. The Bertz CT molecular complexity index is 1370. The summed E-state index contributed by atoms with van der Waals surface area (Å²) in [5.41, 5.74) is 11.1. The molecule has 1 aromatic carbocycles. The normalized spacial score (nSPS) is 13.2. The van der Waals surface area contributed by atoms with Gasteiger partial charge in [0.05, 0.1) is 17.9 Å². The molecule has 9 nitrogen and oxygen atoms in total. The Morgan fingerprint density at radius 3 is 2.97 bits per heavy atom. The highest BCUT2D eigenvalue weighted by molar-refractivity contribution is 5.77. The Morgan fingerprint density at radius 1 is 1.22 bits per heavy atom. The van der Waals surface area contributed by atoms with Crippen molar-refractivity contribution in [3.8, 4) is 5.69 Å². The van der Waals surface area contributed by atoms with Crippen LogP contribution in [0.1, 0.15) is 16.8 Å². The molecule has 0 atom stereocenters. The molecule has 0 saturated heterocycles. The van der Waals surface area contributed by atoms with Gasteiger partial charge in [-0.2, -0.15) is 4.98 Å². The van der Waals surface area contributed by atoms with Gasteiger partial charge in [-0.1, -0.05) is 12.1 Å². The number of fused-ring (bicyclic) bond motifs is 2. The van der Waals surface area contributed by atoms with E-state index in [-0.39, 0.29) is 5.56 Å². The lowest BCUT2D eigenvalue weighted by atomic mass is 10.0. The zero-order valence-electron chi connectivity index (χ0n) is 17.6. The first-order chi connectivity index (χ1) is 15.7. The third-order valence-electron chi connectivity index (χ3n) is 5.58. The van der Waals surface area contributed by atoms with Crippen molar-refractivity contribution in [2.75, 3.05) is 11.9 Å². The first kappa shape index (κ1) is 20.1. The van der Waals surface area contributed by atoms with Crippen LogP contribution in [0.2, 0.25) is 0 Å². The molecule has 0 unspecified atom stereocenters. The number of nitrogens with one attached hydrogen (secondary N) is 2. The standard InChI is InChI=1S/C23H24N8O/c1-2-9-30-22(32)20-14-27-23(28-17-4-3-16-13-25-7-5-15(16)10-17)29-21(20)31(30)19-6-8-26-18(11-19)12-24/h2-4,6,8,10-11,14,25H,1,5,7,9,12-13,24H2,(H,27,28,29). The SMILES string of the molecule is C=CCn1c(=O)c2cnc(Nc3ccc4c(c3)CCNC4)nc2n1-c1ccnc(CN)c1. The van der Waals surface area contributed by atoms with Crippen LogP contribution >= 0.6 is 0 Å². The zero-order valence-corrected chi connectivity index (χ0v) is 17.6. The lowest BCUT2D eigenvalue weighted by Gasteiger charge is -2.18. The van der Waals surface area contributed by atoms with Gasteiger partial charge in [-0.25, -0.2) is 14.3 Å². The molecule has 3 aromatic heterocycles. The third kappa shape index (κ3) is 3.57. The van der Waals surface area contributed by atoms with Crippen LogP contribution in [0.4, 0.5) is 11.6 Å². The van der Waals surface area contributed by atoms with E-state index in [2.05, 4.69) is 39.3 Å². The quantitative estimate of drug-likeness (QED) is 0.402. The minimum atomic E-state index is -0.182. The van der Waals surface area contributed by atoms with Crippen molar-refractivity contribution in [1.29, 1.82) is 0 Å². The second kappa shape index (κ2) is 8.37. The summed E-state index contributed by atoms with van der Waals surface area (Å²) in [5, 5.41) is 7.10. The lowest BCUT2D eigenvalue weighted by Crippen LogP contribution is -2.23. The summed E-state index contributed by atoms with van der Waals surface area (Å²) in [7, 11) is 0. The Labute approximate surface area is 184 Å². The minimum Gasteiger partial charge on any atom is -0.325 e. The van der Waals surface area contributed by atoms with Crippen LogP contribution in [0.5, 0.6) is 0 Å². The third-order valence-corrected chi connectivity index (χ3v) is 5.58. The summed E-state index contributed by atoms with van der Waals surface area (Å²) >= 11 is 0. The molecule has 9 heteroatoms. The van der Waals surface area contributed by atoms with E-state index in [1.165, 1.54) is 11.1 Å². The van der Waals surface area contributed by atoms with Crippen LogP contribution < -0.4 is 21.9 Å². The van der Waals surface area contributed by atoms with Gasteiger partial charge in [-0.3, -0.25) is 9.78 Å². The number of pyridine rings is 1. The van der Waals surface area contributed by atoms with E-state index in [1.54, 1.807) is 27.8 Å². The molecule has 1 aliphatic heterocycles. The molecular formula is C23H24N8O. The zero-order chi connectivity index (χ0) is 22.1. The fraction of sp³-hybridized carbons (Fsp3) is 0.217. The van der Waals surface area contributed by atoms with Crippen molar-refractivity contribution in [1.82, 2.24) is 29.6 Å². The van der Waals surface area contributed by atoms with Gasteiger partial charge in [0.2, 0.25) is 5.95 Å². The number of aromatic nitrogens is 5. The van der Waals surface area contributed by atoms with Crippen LogP contribution in [-0.2, 0) is 26.1 Å². The number of nitrogens with zero attached hydrogens (tertiary/aromatic N) is 5. The van der Waals surface area contributed by atoms with Gasteiger partial charge < -0.3 is 16.4 Å². The highest BCUT2D eigenvalue weighted by atomic mass is 16.1. The molecule has 0 saturated carbocycles. The average Bonchev–Trinajstić information content (AvgIpc) is 3.10. The number of hydrogen-bond acceptors (Lipinski definition) is 7. The van der Waals surface area contributed by atoms with Gasteiger partial charge in [-0.05, 0) is 48.4 Å². The van der Waals surface area contributed by atoms with Crippen LogP contribution in [0.15, 0.2) is 60.2 Å². The van der Waals surface area contributed by atoms with Crippen molar-refractivity contribution in [3.63, 3.8) is 0 Å². The molecule has 0 spiro atoms. The lowest BCUT2D eigenvalue weighted by molar-refractivity contribution is 0.605. The van der Waals surface area contributed by atoms with E-state index in [1.807, 2.05) is 18.2 Å². The summed E-state index contributed by atoms with van der Waals surface area (Å²) in [4.78, 5) is 26.4. The minimum absolute atomic E-state index is 0.182. The molecule has 0 amide bonds. The van der Waals surface area contributed by atoms with Crippen molar-refractivity contribution in [3.05, 3.63) is 82.6 Å². The van der Waals surface area contributed by atoms with Gasteiger partial charge in [0.25, 0.3) is 5.56 Å². The van der Waals surface area contributed by atoms with Gasteiger partial charge in [0, 0.05) is 31.2 Å². The largest absolute Gasteiger partial charge is 0.325 e. The van der Waals surface area contributed by atoms with E-state index >= 15 is 0 Å². The number of allylic oxidation sites excluding steroid dienone is 1. The van der Waals surface area contributed by atoms with Crippen LogP contribution in [0, 0.1) is 0 Å². The van der Waals surface area contributed by atoms with Crippen molar-refractivity contribution in [2.24, 2.45) is 5.73 Å². The summed E-state index contributed by atoms with van der Waals surface area (Å²) in [6.07, 6.45) is 5.90. The number of benzene rings is 1. The fourth-order valence-corrected chi connectivity index (χ4v) is 4.03. The van der Waals surface area contributed by atoms with Crippen LogP contribution in [0.3, 0.4) is 0 Å². The number of rotatable bonds is 6. The molecule has 162 valence electrons. The van der Waals surface area contributed by atoms with E-state index in [4.69, 9.17) is 10.7 Å². The second-order valence-corrected chi connectivity index (χ2v) is 7.66. The first-order valence-corrected chi connectivity index (χ1v) is 10.5. The Kier molecular flexibility index (Phi) is 5.26. The summed E-state index contributed by atoms with van der Waals surface area (Å²) < 4.78 is 3.35. The molecule has 4 N–H and O–H groups in total. The maximum absolute atomic E-state index is 13.0. The summed E-state index contributed by atoms with van der Waals surface area (Å²) in [6.45, 7) is 6.27. The number of hydrogen-bond donors (Lipinski definition) is 3. The molecule has 0 fully saturated rings. The predicted octanol–water partition coefficient (Wildman–Crippen LogP) is 2.01. The monoisotopic (exact) mass is 428 g/mol. The van der Waals surface area contributed by atoms with Gasteiger partial charge in [-0.15, -0.1) is 6.58 Å². The Morgan fingerprint density at radius 2 is 2.12 bits per heavy atom. The molecule has 5 rings (SSSR count). The van der Waals surface area contributed by atoms with Gasteiger partial charge in [0.15, 0.2) is 5.65 Å². The topological polar surface area (TPSA) is 116 Å². The second-order valence-electron chi connectivity index (χ2n) is 7.66. The first-order valence-electron chi connectivity index (χ1n) is 10.5. The van der Waals surface area contributed by atoms with Crippen LogP contribution in [-0.4, -0.2) is 30.9 Å². The molecule has 0 aliphatic carbocycles. The van der Waals surface area contributed by atoms with E-state index < -0.39 is 0 Å². The van der Waals surface area contributed by atoms with E-state index in [0.717, 1.165) is 36.6 Å². The van der Waals surface area contributed by atoms with Gasteiger partial charge in [0.1, 0.15) is 5.39 Å². The maximum atomic E-state index is 13.0. The number of anilines is 2. The van der Waals surface area contributed by atoms with E-state index in [9.17, 15) is 4.79 Å². The summed E-state index contributed by atoms with van der Waals surface area (Å²) in [5.74, 6) is 0.420. The maximum Gasteiger partial charge on any atom is 0.278 e. The van der Waals surface area contributed by atoms with E-state index in [0.29, 0.717) is 30.1 Å². The predicted molar refractivity (Wildman–Crippen MR) is 124 cm³/mol. The number of nitrogens with two attached hydrogens (primary N) is 1. The van der Waals surface area contributed by atoms with Crippen LogP contribution in [0.25, 0.3) is 16.7 Å². The van der Waals surface area contributed by atoms with Gasteiger partial charge >= 0.3 is 0 Å². The van der Waals surface area contributed by atoms with Crippen molar-refractivity contribution in [2.45, 2.75) is 26.1 Å².